The van der Waals surface area contributed by atoms with Crippen molar-refractivity contribution in [3.8, 4) is 29.4 Å². The van der Waals surface area contributed by atoms with Gasteiger partial charge in [0.25, 0.3) is 18.2 Å². The SMILES string of the molecule is COc1ccccc1C#CC#Cc1ccc(C(=O)NC(C(=O)NO)C(C)(OC)C(F)F)cc1. The van der Waals surface area contributed by atoms with E-state index in [1.165, 1.54) is 29.7 Å². The molecule has 2 aromatic rings. The highest BCUT2D eigenvalue weighted by molar-refractivity contribution is 5.97. The Balaban J connectivity index is 2.15. The summed E-state index contributed by atoms with van der Waals surface area (Å²) in [4.78, 5) is 24.4. The molecule has 2 unspecified atom stereocenters. The summed E-state index contributed by atoms with van der Waals surface area (Å²) in [5.41, 5.74) is 0.232. The molecule has 172 valence electrons. The van der Waals surface area contributed by atoms with E-state index in [-0.39, 0.29) is 5.56 Å². The number of carbonyl (C=O) groups is 2. The van der Waals surface area contributed by atoms with Crippen LogP contribution >= 0.6 is 0 Å². The van der Waals surface area contributed by atoms with Crippen LogP contribution < -0.4 is 15.5 Å². The molecule has 9 heteroatoms. The van der Waals surface area contributed by atoms with E-state index in [1.807, 2.05) is 12.1 Å². The number of hydrogen-bond acceptors (Lipinski definition) is 5. The Morgan fingerprint density at radius 3 is 2.24 bits per heavy atom. The monoisotopic (exact) mass is 456 g/mol. The van der Waals surface area contributed by atoms with Crippen molar-refractivity contribution in [2.45, 2.75) is 25.0 Å². The fourth-order valence-corrected chi connectivity index (χ4v) is 2.74. The van der Waals surface area contributed by atoms with Gasteiger partial charge in [-0.05, 0) is 61.1 Å². The van der Waals surface area contributed by atoms with Crippen LogP contribution in [0.2, 0.25) is 0 Å². The predicted octanol–water partition coefficient (Wildman–Crippen LogP) is 2.37. The van der Waals surface area contributed by atoms with E-state index in [4.69, 9.17) is 14.7 Å². The molecule has 0 spiro atoms. The minimum Gasteiger partial charge on any atom is -0.495 e. The van der Waals surface area contributed by atoms with Crippen LogP contribution in [0.15, 0.2) is 48.5 Å². The lowest BCUT2D eigenvalue weighted by Crippen LogP contribution is -2.62. The van der Waals surface area contributed by atoms with Crippen molar-refractivity contribution >= 4 is 11.8 Å². The Kier molecular flexibility index (Phi) is 8.93. The van der Waals surface area contributed by atoms with Crippen LogP contribution in [0.25, 0.3) is 0 Å². The van der Waals surface area contributed by atoms with Gasteiger partial charge in [0, 0.05) is 18.2 Å². The summed E-state index contributed by atoms with van der Waals surface area (Å²) < 4.78 is 36.9. The highest BCUT2D eigenvalue weighted by Gasteiger charge is 2.48. The molecule has 0 aromatic heterocycles. The predicted molar refractivity (Wildman–Crippen MR) is 116 cm³/mol. The maximum absolute atomic E-state index is 13.5. The molecule has 0 aliphatic heterocycles. The molecule has 33 heavy (non-hydrogen) atoms. The van der Waals surface area contributed by atoms with Gasteiger partial charge in [-0.3, -0.25) is 14.8 Å². The van der Waals surface area contributed by atoms with Gasteiger partial charge in [-0.15, -0.1) is 0 Å². The first-order valence-corrected chi connectivity index (χ1v) is 9.60. The third-order valence-electron chi connectivity index (χ3n) is 4.81. The number of hydrogen-bond donors (Lipinski definition) is 3. The van der Waals surface area contributed by atoms with Crippen molar-refractivity contribution in [2.75, 3.05) is 14.2 Å². The Morgan fingerprint density at radius 1 is 1.03 bits per heavy atom. The van der Waals surface area contributed by atoms with Crippen LogP contribution in [-0.4, -0.2) is 49.3 Å². The summed E-state index contributed by atoms with van der Waals surface area (Å²) in [5, 5.41) is 11.1. The second-order valence-electron chi connectivity index (χ2n) is 6.85. The standard InChI is InChI=1S/C24H22F2N2O5/c1-24(33-3,23(25)26)20(22(30)28-31)27-21(29)18-14-12-16(13-15-18)8-4-5-9-17-10-6-7-11-19(17)32-2/h6-7,10-15,20,23,31H,1-3H3,(H,27,29)(H,28,30). The number of alkyl halides is 2. The quantitative estimate of drug-likeness (QED) is 0.338. The smallest absolute Gasteiger partial charge is 0.269 e. The van der Waals surface area contributed by atoms with Crippen molar-refractivity contribution in [1.29, 1.82) is 0 Å². The number of halogens is 2. The lowest BCUT2D eigenvalue weighted by atomic mass is 9.95. The molecule has 3 N–H and O–H groups in total. The van der Waals surface area contributed by atoms with Crippen LogP contribution in [0.3, 0.4) is 0 Å². The maximum Gasteiger partial charge on any atom is 0.269 e. The molecule has 0 saturated heterocycles. The number of benzene rings is 2. The summed E-state index contributed by atoms with van der Waals surface area (Å²) in [7, 11) is 2.52. The van der Waals surface area contributed by atoms with Crippen LogP contribution in [0, 0.1) is 23.7 Å². The number of para-hydroxylation sites is 1. The molecule has 2 atom stereocenters. The molecule has 0 fully saturated rings. The summed E-state index contributed by atoms with van der Waals surface area (Å²) in [6.07, 6.45) is -3.13. The fraction of sp³-hybridized carbons (Fsp3) is 0.250. The third-order valence-corrected chi connectivity index (χ3v) is 4.81. The molecule has 2 aromatic carbocycles. The number of hydroxylamine groups is 1. The van der Waals surface area contributed by atoms with Crippen LogP contribution in [0.4, 0.5) is 8.78 Å². The molecule has 0 bridgehead atoms. The zero-order valence-corrected chi connectivity index (χ0v) is 18.1. The maximum atomic E-state index is 13.5. The van der Waals surface area contributed by atoms with E-state index in [1.54, 1.807) is 19.2 Å². The number of methoxy groups -OCH3 is 2. The highest BCUT2D eigenvalue weighted by Crippen LogP contribution is 2.24. The van der Waals surface area contributed by atoms with Gasteiger partial charge in [0.1, 0.15) is 11.8 Å². The number of amides is 2. The lowest BCUT2D eigenvalue weighted by Gasteiger charge is -2.34. The average molecular weight is 456 g/mol. The fourth-order valence-electron chi connectivity index (χ4n) is 2.74. The molecule has 2 amide bonds. The topological polar surface area (TPSA) is 96.9 Å². The van der Waals surface area contributed by atoms with Gasteiger partial charge in [-0.1, -0.05) is 18.1 Å². The minimum absolute atomic E-state index is 0.0871. The van der Waals surface area contributed by atoms with Gasteiger partial charge in [-0.2, -0.15) is 0 Å². The van der Waals surface area contributed by atoms with Gasteiger partial charge in [0.2, 0.25) is 0 Å². The summed E-state index contributed by atoms with van der Waals surface area (Å²) >= 11 is 0. The van der Waals surface area contributed by atoms with Crippen molar-refractivity contribution in [3.63, 3.8) is 0 Å². The van der Waals surface area contributed by atoms with Gasteiger partial charge < -0.3 is 14.8 Å². The molecule has 0 aliphatic carbocycles. The Bertz CT molecular complexity index is 1110. The molecule has 0 saturated carbocycles. The third kappa shape index (κ3) is 6.30. The summed E-state index contributed by atoms with van der Waals surface area (Å²) in [5.74, 6) is 9.69. The Hall–Kier alpha value is -3.92. The van der Waals surface area contributed by atoms with Gasteiger partial charge in [-0.25, -0.2) is 14.3 Å². The van der Waals surface area contributed by atoms with Crippen molar-refractivity contribution < 1.29 is 33.1 Å². The molecule has 0 radical (unpaired) electrons. The van der Waals surface area contributed by atoms with Gasteiger partial charge >= 0.3 is 0 Å². The van der Waals surface area contributed by atoms with Gasteiger partial charge in [0.05, 0.1) is 12.7 Å². The number of carbonyl (C=O) groups excluding carboxylic acids is 2. The van der Waals surface area contributed by atoms with Gasteiger partial charge in [0.15, 0.2) is 5.60 Å². The lowest BCUT2D eigenvalue weighted by molar-refractivity contribution is -0.157. The summed E-state index contributed by atoms with van der Waals surface area (Å²) in [6.45, 7) is 0.947. The molecule has 2 rings (SSSR count). The van der Waals surface area contributed by atoms with Crippen molar-refractivity contribution in [1.82, 2.24) is 10.8 Å². The first kappa shape index (κ1) is 25.3. The highest BCUT2D eigenvalue weighted by atomic mass is 19.3. The molecular weight excluding hydrogens is 434 g/mol. The van der Waals surface area contributed by atoms with E-state index >= 15 is 0 Å². The molecule has 0 aliphatic rings. The summed E-state index contributed by atoms with van der Waals surface area (Å²) in [6, 6.07) is 11.3. The molecular formula is C24H22F2N2O5. The minimum atomic E-state index is -3.13. The van der Waals surface area contributed by atoms with E-state index in [0.29, 0.717) is 16.9 Å². The first-order chi connectivity index (χ1) is 15.8. The van der Waals surface area contributed by atoms with Crippen LogP contribution in [0.1, 0.15) is 28.4 Å². The number of rotatable bonds is 7. The number of nitrogens with one attached hydrogen (secondary N) is 2. The molecule has 7 nitrogen and oxygen atoms in total. The van der Waals surface area contributed by atoms with Crippen LogP contribution in [0.5, 0.6) is 5.75 Å². The van der Waals surface area contributed by atoms with E-state index < -0.39 is 29.9 Å². The zero-order valence-electron chi connectivity index (χ0n) is 18.1. The molecule has 0 heterocycles. The Labute approximate surface area is 190 Å². The van der Waals surface area contributed by atoms with E-state index in [0.717, 1.165) is 14.0 Å². The average Bonchev–Trinajstić information content (AvgIpc) is 2.84. The van der Waals surface area contributed by atoms with E-state index in [9.17, 15) is 18.4 Å². The van der Waals surface area contributed by atoms with Crippen LogP contribution in [-0.2, 0) is 9.53 Å². The van der Waals surface area contributed by atoms with Crippen molar-refractivity contribution in [2.24, 2.45) is 0 Å². The largest absolute Gasteiger partial charge is 0.495 e. The first-order valence-electron chi connectivity index (χ1n) is 9.60. The second-order valence-corrected chi connectivity index (χ2v) is 6.85. The second kappa shape index (κ2) is 11.6. The normalized spacial score (nSPS) is 12.8. The Morgan fingerprint density at radius 2 is 1.67 bits per heavy atom. The zero-order chi connectivity index (χ0) is 24.4. The van der Waals surface area contributed by atoms with E-state index in [2.05, 4.69) is 29.0 Å². The number of ether oxygens (including phenoxy) is 2. The van der Waals surface area contributed by atoms with Crippen molar-refractivity contribution in [3.05, 3.63) is 65.2 Å².